The monoisotopic (exact) mass is 257 g/mol. The van der Waals surface area contributed by atoms with E-state index in [-0.39, 0.29) is 11.9 Å². The molecule has 1 saturated carbocycles. The summed E-state index contributed by atoms with van der Waals surface area (Å²) in [5.41, 5.74) is 2.74. The highest BCUT2D eigenvalue weighted by Gasteiger charge is 2.24. The number of hydrogen-bond donors (Lipinski definition) is 1. The van der Waals surface area contributed by atoms with Gasteiger partial charge < -0.3 is 5.32 Å². The van der Waals surface area contributed by atoms with Gasteiger partial charge in [0.2, 0.25) is 5.91 Å². The molecule has 19 heavy (non-hydrogen) atoms. The molecule has 1 aromatic rings. The normalized spacial score (nSPS) is 23.1. The Kier molecular flexibility index (Phi) is 3.86. The summed E-state index contributed by atoms with van der Waals surface area (Å²) in [6, 6.07) is 8.76. The zero-order chi connectivity index (χ0) is 13.1. The van der Waals surface area contributed by atoms with Crippen LogP contribution in [-0.4, -0.2) is 5.91 Å². The fraction of sp³-hybridized carbons (Fsp3) is 0.588. The number of nitrogens with one attached hydrogen (secondary N) is 1. The zero-order valence-corrected chi connectivity index (χ0v) is 11.5. The summed E-state index contributed by atoms with van der Waals surface area (Å²) in [5, 5.41) is 3.24. The van der Waals surface area contributed by atoms with E-state index < -0.39 is 0 Å². The van der Waals surface area contributed by atoms with E-state index >= 15 is 0 Å². The van der Waals surface area contributed by atoms with E-state index in [1.54, 1.807) is 0 Å². The van der Waals surface area contributed by atoms with Crippen molar-refractivity contribution < 1.29 is 4.79 Å². The molecule has 2 aliphatic carbocycles. The van der Waals surface area contributed by atoms with Crippen LogP contribution >= 0.6 is 0 Å². The molecule has 1 amide bonds. The predicted molar refractivity (Wildman–Crippen MR) is 76.8 cm³/mol. The van der Waals surface area contributed by atoms with Crippen molar-refractivity contribution in [2.45, 2.75) is 57.4 Å². The zero-order valence-electron chi connectivity index (χ0n) is 11.5. The van der Waals surface area contributed by atoms with E-state index in [2.05, 4.69) is 29.6 Å². The number of carbonyl (C=O) groups is 1. The minimum atomic E-state index is 0.257. The number of carbonyl (C=O) groups excluding carboxylic acids is 1. The van der Waals surface area contributed by atoms with Gasteiger partial charge in [-0.25, -0.2) is 0 Å². The van der Waals surface area contributed by atoms with Gasteiger partial charge in [0.25, 0.3) is 0 Å². The Morgan fingerprint density at radius 3 is 2.74 bits per heavy atom. The van der Waals surface area contributed by atoms with Crippen LogP contribution in [-0.2, 0) is 11.2 Å². The Labute approximate surface area is 115 Å². The molecule has 1 fully saturated rings. The van der Waals surface area contributed by atoms with Gasteiger partial charge in [0.1, 0.15) is 0 Å². The molecule has 1 unspecified atom stereocenters. The molecule has 0 aromatic heterocycles. The molecule has 102 valence electrons. The smallest absolute Gasteiger partial charge is 0.220 e. The first-order valence-corrected chi connectivity index (χ1v) is 7.70. The van der Waals surface area contributed by atoms with Gasteiger partial charge in [-0.3, -0.25) is 4.79 Å². The van der Waals surface area contributed by atoms with Gasteiger partial charge in [-0.2, -0.15) is 0 Å². The fourth-order valence-electron chi connectivity index (χ4n) is 3.61. The summed E-state index contributed by atoms with van der Waals surface area (Å²) >= 11 is 0. The van der Waals surface area contributed by atoms with Gasteiger partial charge in [0.05, 0.1) is 6.04 Å². The van der Waals surface area contributed by atoms with E-state index in [4.69, 9.17) is 0 Å². The standard InChI is InChI=1S/C17H23NO/c19-17(12-13-6-2-1-3-7-13)18-16-11-10-14-8-4-5-9-15(14)16/h4-5,8-9,13,16H,1-3,6-7,10-12H2,(H,18,19). The van der Waals surface area contributed by atoms with E-state index in [0.717, 1.165) is 19.3 Å². The first kappa shape index (κ1) is 12.7. The second kappa shape index (κ2) is 5.77. The Morgan fingerprint density at radius 2 is 1.89 bits per heavy atom. The quantitative estimate of drug-likeness (QED) is 0.877. The maximum Gasteiger partial charge on any atom is 0.220 e. The molecule has 1 N–H and O–H groups in total. The Hall–Kier alpha value is -1.31. The lowest BCUT2D eigenvalue weighted by molar-refractivity contribution is -0.123. The summed E-state index contributed by atoms with van der Waals surface area (Å²) < 4.78 is 0. The maximum absolute atomic E-state index is 12.2. The van der Waals surface area contributed by atoms with Crippen molar-refractivity contribution in [1.29, 1.82) is 0 Å². The van der Waals surface area contributed by atoms with Gasteiger partial charge in [0, 0.05) is 6.42 Å². The van der Waals surface area contributed by atoms with Crippen LogP contribution < -0.4 is 5.32 Å². The first-order chi connectivity index (χ1) is 9.33. The number of benzene rings is 1. The lowest BCUT2D eigenvalue weighted by atomic mass is 9.87. The fourth-order valence-corrected chi connectivity index (χ4v) is 3.61. The first-order valence-electron chi connectivity index (χ1n) is 7.70. The van der Waals surface area contributed by atoms with Crippen LogP contribution in [0.4, 0.5) is 0 Å². The number of fused-ring (bicyclic) bond motifs is 1. The highest BCUT2D eigenvalue weighted by Crippen LogP contribution is 2.31. The van der Waals surface area contributed by atoms with Crippen molar-refractivity contribution >= 4 is 5.91 Å². The molecule has 0 saturated heterocycles. The van der Waals surface area contributed by atoms with E-state index in [1.807, 2.05) is 0 Å². The third kappa shape index (κ3) is 2.99. The Morgan fingerprint density at radius 1 is 1.11 bits per heavy atom. The van der Waals surface area contributed by atoms with Gasteiger partial charge in [-0.15, -0.1) is 0 Å². The van der Waals surface area contributed by atoms with Crippen molar-refractivity contribution in [3.63, 3.8) is 0 Å². The average Bonchev–Trinajstić information content (AvgIpc) is 2.83. The van der Waals surface area contributed by atoms with Crippen LogP contribution in [0.5, 0.6) is 0 Å². The second-order valence-corrected chi connectivity index (χ2v) is 6.07. The largest absolute Gasteiger partial charge is 0.349 e. The summed E-state index contributed by atoms with van der Waals surface area (Å²) in [4.78, 5) is 12.2. The van der Waals surface area contributed by atoms with Crippen molar-refractivity contribution in [2.24, 2.45) is 5.92 Å². The number of amides is 1. The molecule has 2 aliphatic rings. The molecule has 2 heteroatoms. The minimum Gasteiger partial charge on any atom is -0.349 e. The number of rotatable bonds is 3. The lowest BCUT2D eigenvalue weighted by Gasteiger charge is -2.22. The average molecular weight is 257 g/mol. The van der Waals surface area contributed by atoms with Crippen molar-refractivity contribution in [3.8, 4) is 0 Å². The van der Waals surface area contributed by atoms with Crippen molar-refractivity contribution in [1.82, 2.24) is 5.32 Å². The van der Waals surface area contributed by atoms with E-state index in [0.29, 0.717) is 5.92 Å². The van der Waals surface area contributed by atoms with E-state index in [9.17, 15) is 4.79 Å². The minimum absolute atomic E-state index is 0.257. The third-order valence-electron chi connectivity index (χ3n) is 4.67. The molecular weight excluding hydrogens is 234 g/mol. The summed E-state index contributed by atoms with van der Waals surface area (Å²) in [7, 11) is 0. The molecule has 0 spiro atoms. The van der Waals surface area contributed by atoms with Crippen LogP contribution in [0.15, 0.2) is 24.3 Å². The summed E-state index contributed by atoms with van der Waals surface area (Å²) in [6.45, 7) is 0. The molecule has 2 nitrogen and oxygen atoms in total. The van der Waals surface area contributed by atoms with Crippen molar-refractivity contribution in [2.75, 3.05) is 0 Å². The van der Waals surface area contributed by atoms with Crippen LogP contribution in [0.3, 0.4) is 0 Å². The molecule has 1 aromatic carbocycles. The molecule has 0 heterocycles. The number of hydrogen-bond acceptors (Lipinski definition) is 1. The molecular formula is C17H23NO. The number of aryl methyl sites for hydroxylation is 1. The van der Waals surface area contributed by atoms with Crippen LogP contribution in [0.25, 0.3) is 0 Å². The topological polar surface area (TPSA) is 29.1 Å². The van der Waals surface area contributed by atoms with E-state index in [1.165, 1.54) is 43.2 Å². The maximum atomic E-state index is 12.2. The molecule has 0 radical (unpaired) electrons. The Balaban J connectivity index is 1.55. The molecule has 0 bridgehead atoms. The van der Waals surface area contributed by atoms with Crippen LogP contribution in [0.2, 0.25) is 0 Å². The molecule has 0 aliphatic heterocycles. The van der Waals surface area contributed by atoms with Gasteiger partial charge in [-0.1, -0.05) is 43.5 Å². The van der Waals surface area contributed by atoms with Crippen molar-refractivity contribution in [3.05, 3.63) is 35.4 Å². The summed E-state index contributed by atoms with van der Waals surface area (Å²) in [6.07, 6.45) is 9.37. The Bertz CT molecular complexity index is 448. The van der Waals surface area contributed by atoms with Gasteiger partial charge >= 0.3 is 0 Å². The second-order valence-electron chi connectivity index (χ2n) is 6.07. The van der Waals surface area contributed by atoms with Crippen LogP contribution in [0, 0.1) is 5.92 Å². The molecule has 3 rings (SSSR count). The highest BCUT2D eigenvalue weighted by molar-refractivity contribution is 5.77. The van der Waals surface area contributed by atoms with Gasteiger partial charge in [0.15, 0.2) is 0 Å². The lowest BCUT2D eigenvalue weighted by Crippen LogP contribution is -2.29. The summed E-state index contributed by atoms with van der Waals surface area (Å²) in [5.74, 6) is 0.888. The third-order valence-corrected chi connectivity index (χ3v) is 4.67. The molecule has 1 atom stereocenters. The predicted octanol–water partition coefficient (Wildman–Crippen LogP) is 3.76. The SMILES string of the molecule is O=C(CC1CCCCC1)NC1CCc2ccccc21. The van der Waals surface area contributed by atoms with Crippen LogP contribution in [0.1, 0.15) is 62.1 Å². The highest BCUT2D eigenvalue weighted by atomic mass is 16.1. The van der Waals surface area contributed by atoms with Gasteiger partial charge in [-0.05, 0) is 42.7 Å².